The molecule has 4 aromatic rings. The molecule has 2 N–H and O–H groups in total. The first-order valence-corrected chi connectivity index (χ1v) is 7.03. The van der Waals surface area contributed by atoms with Gasteiger partial charge in [0, 0.05) is 28.9 Å². The zero-order valence-corrected chi connectivity index (χ0v) is 11.7. The number of amides is 1. The quantitative estimate of drug-likeness (QED) is 0.586. The predicted octanol–water partition coefficient (Wildman–Crippen LogP) is 3.97. The molecule has 0 aliphatic carbocycles. The minimum Gasteiger partial charge on any atom is -0.361 e. The van der Waals surface area contributed by atoms with Crippen LogP contribution in [0.1, 0.15) is 10.4 Å². The second kappa shape index (κ2) is 5.00. The SMILES string of the molecule is O=C(Nc1cccc2cccnc12)c1ccc2cc[nH]c2c1. The van der Waals surface area contributed by atoms with Crippen molar-refractivity contribution in [2.75, 3.05) is 5.32 Å². The molecule has 0 unspecified atom stereocenters. The van der Waals surface area contributed by atoms with Crippen molar-refractivity contribution >= 4 is 33.4 Å². The maximum atomic E-state index is 12.5. The van der Waals surface area contributed by atoms with Gasteiger partial charge in [-0.05, 0) is 35.7 Å². The van der Waals surface area contributed by atoms with E-state index in [0.29, 0.717) is 5.56 Å². The number of benzene rings is 2. The Morgan fingerprint density at radius 3 is 2.86 bits per heavy atom. The minimum absolute atomic E-state index is 0.144. The van der Waals surface area contributed by atoms with Crippen LogP contribution in [-0.2, 0) is 0 Å². The number of carbonyl (C=O) groups excluding carboxylic acids is 1. The van der Waals surface area contributed by atoms with Crippen molar-refractivity contribution in [3.63, 3.8) is 0 Å². The molecule has 0 fully saturated rings. The number of rotatable bonds is 2. The largest absolute Gasteiger partial charge is 0.361 e. The highest BCUT2D eigenvalue weighted by Gasteiger charge is 2.09. The third kappa shape index (κ3) is 2.11. The van der Waals surface area contributed by atoms with Crippen LogP contribution >= 0.6 is 0 Å². The van der Waals surface area contributed by atoms with E-state index in [1.165, 1.54) is 0 Å². The summed E-state index contributed by atoms with van der Waals surface area (Å²) in [7, 11) is 0. The second-order valence-electron chi connectivity index (χ2n) is 5.11. The van der Waals surface area contributed by atoms with Gasteiger partial charge in [0.2, 0.25) is 0 Å². The van der Waals surface area contributed by atoms with E-state index in [2.05, 4.69) is 15.3 Å². The third-order valence-corrected chi connectivity index (χ3v) is 3.70. The summed E-state index contributed by atoms with van der Waals surface area (Å²) in [6.07, 6.45) is 3.59. The van der Waals surface area contributed by atoms with Crippen LogP contribution in [0.4, 0.5) is 5.69 Å². The smallest absolute Gasteiger partial charge is 0.255 e. The normalized spacial score (nSPS) is 10.9. The van der Waals surface area contributed by atoms with Crippen molar-refractivity contribution < 1.29 is 4.79 Å². The van der Waals surface area contributed by atoms with Crippen LogP contribution in [0.2, 0.25) is 0 Å². The van der Waals surface area contributed by atoms with Crippen LogP contribution in [0.25, 0.3) is 21.8 Å². The van der Waals surface area contributed by atoms with E-state index in [-0.39, 0.29) is 5.91 Å². The zero-order chi connectivity index (χ0) is 14.9. The van der Waals surface area contributed by atoms with Gasteiger partial charge in [-0.2, -0.15) is 0 Å². The zero-order valence-electron chi connectivity index (χ0n) is 11.7. The van der Waals surface area contributed by atoms with Crippen LogP contribution in [0, 0.1) is 0 Å². The van der Waals surface area contributed by atoms with Gasteiger partial charge >= 0.3 is 0 Å². The first-order chi connectivity index (χ1) is 10.8. The lowest BCUT2D eigenvalue weighted by Crippen LogP contribution is -2.12. The summed E-state index contributed by atoms with van der Waals surface area (Å²) in [5.74, 6) is -0.144. The number of H-pyrrole nitrogens is 1. The number of pyridine rings is 1. The average Bonchev–Trinajstić information content (AvgIpc) is 3.02. The number of anilines is 1. The summed E-state index contributed by atoms with van der Waals surface area (Å²) < 4.78 is 0. The van der Waals surface area contributed by atoms with E-state index >= 15 is 0 Å². The number of nitrogens with zero attached hydrogens (tertiary/aromatic N) is 1. The molecule has 2 aromatic carbocycles. The number of carbonyl (C=O) groups is 1. The van der Waals surface area contributed by atoms with Crippen molar-refractivity contribution in [3.05, 3.63) is 72.6 Å². The number of fused-ring (bicyclic) bond motifs is 2. The van der Waals surface area contributed by atoms with Crippen LogP contribution in [-0.4, -0.2) is 15.9 Å². The summed E-state index contributed by atoms with van der Waals surface area (Å²) >= 11 is 0. The van der Waals surface area contributed by atoms with Gasteiger partial charge in [0.1, 0.15) is 0 Å². The van der Waals surface area contributed by atoms with Gasteiger partial charge in [0.05, 0.1) is 11.2 Å². The van der Waals surface area contributed by atoms with Crippen LogP contribution in [0.3, 0.4) is 0 Å². The van der Waals surface area contributed by atoms with Gasteiger partial charge in [-0.25, -0.2) is 0 Å². The van der Waals surface area contributed by atoms with E-state index < -0.39 is 0 Å². The standard InChI is InChI=1S/C18H13N3O/c22-18(14-7-6-12-8-10-19-16(12)11-14)21-15-5-1-3-13-4-2-9-20-17(13)15/h1-11,19H,(H,21,22). The molecule has 106 valence electrons. The number of nitrogens with one attached hydrogen (secondary N) is 2. The van der Waals surface area contributed by atoms with Crippen LogP contribution in [0.5, 0.6) is 0 Å². The lowest BCUT2D eigenvalue weighted by Gasteiger charge is -2.08. The molecule has 0 radical (unpaired) electrons. The number of hydrogen-bond donors (Lipinski definition) is 2. The molecule has 0 atom stereocenters. The molecule has 4 heteroatoms. The molecular weight excluding hydrogens is 274 g/mol. The van der Waals surface area contributed by atoms with Crippen molar-refractivity contribution in [1.82, 2.24) is 9.97 Å². The fraction of sp³-hybridized carbons (Fsp3) is 0. The van der Waals surface area contributed by atoms with Gasteiger partial charge < -0.3 is 10.3 Å². The maximum absolute atomic E-state index is 12.5. The molecular formula is C18H13N3O. The Balaban J connectivity index is 1.71. The van der Waals surface area contributed by atoms with E-state index in [0.717, 1.165) is 27.5 Å². The maximum Gasteiger partial charge on any atom is 0.255 e. The summed E-state index contributed by atoms with van der Waals surface area (Å²) in [6, 6.07) is 17.2. The van der Waals surface area contributed by atoms with Gasteiger partial charge in [0.25, 0.3) is 5.91 Å². The first-order valence-electron chi connectivity index (χ1n) is 7.03. The van der Waals surface area contributed by atoms with Gasteiger partial charge in [-0.15, -0.1) is 0 Å². The molecule has 0 bridgehead atoms. The Morgan fingerprint density at radius 2 is 1.91 bits per heavy atom. The molecule has 0 saturated heterocycles. The highest BCUT2D eigenvalue weighted by atomic mass is 16.1. The number of aromatic amines is 1. The second-order valence-corrected chi connectivity index (χ2v) is 5.11. The monoisotopic (exact) mass is 287 g/mol. The van der Waals surface area contributed by atoms with E-state index in [4.69, 9.17) is 0 Å². The summed E-state index contributed by atoms with van der Waals surface area (Å²) in [4.78, 5) is 19.9. The Kier molecular flexibility index (Phi) is 2.86. The fourth-order valence-electron chi connectivity index (χ4n) is 2.59. The summed E-state index contributed by atoms with van der Waals surface area (Å²) in [5, 5.41) is 5.03. The molecule has 0 aliphatic heterocycles. The van der Waals surface area contributed by atoms with Gasteiger partial charge in [0.15, 0.2) is 0 Å². The van der Waals surface area contributed by atoms with E-state index in [1.807, 2.05) is 60.8 Å². The van der Waals surface area contributed by atoms with Crippen molar-refractivity contribution in [2.24, 2.45) is 0 Å². The Labute approximate surface area is 126 Å². The molecule has 4 rings (SSSR count). The fourth-order valence-corrected chi connectivity index (χ4v) is 2.59. The summed E-state index contributed by atoms with van der Waals surface area (Å²) in [5.41, 5.74) is 3.07. The lowest BCUT2D eigenvalue weighted by atomic mass is 10.1. The number of hydrogen-bond acceptors (Lipinski definition) is 2. The van der Waals surface area contributed by atoms with E-state index in [1.54, 1.807) is 6.20 Å². The highest BCUT2D eigenvalue weighted by Crippen LogP contribution is 2.22. The Morgan fingerprint density at radius 1 is 1.00 bits per heavy atom. The lowest BCUT2D eigenvalue weighted by molar-refractivity contribution is 0.102. The van der Waals surface area contributed by atoms with Gasteiger partial charge in [-0.3, -0.25) is 9.78 Å². The van der Waals surface area contributed by atoms with Crippen molar-refractivity contribution in [3.8, 4) is 0 Å². The molecule has 0 spiro atoms. The van der Waals surface area contributed by atoms with E-state index in [9.17, 15) is 4.79 Å². The first kappa shape index (κ1) is 12.6. The van der Waals surface area contributed by atoms with Gasteiger partial charge in [-0.1, -0.05) is 24.3 Å². The van der Waals surface area contributed by atoms with Crippen molar-refractivity contribution in [1.29, 1.82) is 0 Å². The third-order valence-electron chi connectivity index (χ3n) is 3.70. The molecule has 0 saturated carbocycles. The molecule has 22 heavy (non-hydrogen) atoms. The number of para-hydroxylation sites is 1. The topological polar surface area (TPSA) is 57.8 Å². The minimum atomic E-state index is -0.144. The van der Waals surface area contributed by atoms with Crippen LogP contribution < -0.4 is 5.32 Å². The number of aromatic nitrogens is 2. The van der Waals surface area contributed by atoms with Crippen LogP contribution in [0.15, 0.2) is 67.0 Å². The molecule has 0 aliphatic rings. The van der Waals surface area contributed by atoms with Crippen molar-refractivity contribution in [2.45, 2.75) is 0 Å². The molecule has 1 amide bonds. The predicted molar refractivity (Wildman–Crippen MR) is 88.0 cm³/mol. The average molecular weight is 287 g/mol. The summed E-state index contributed by atoms with van der Waals surface area (Å²) in [6.45, 7) is 0. The molecule has 2 aromatic heterocycles. The Hall–Kier alpha value is -3.14. The molecule has 4 nitrogen and oxygen atoms in total. The Bertz CT molecular complexity index is 982. The molecule has 2 heterocycles. The highest BCUT2D eigenvalue weighted by molar-refractivity contribution is 6.09.